The molecule has 1 aliphatic rings. The zero-order valence-electron chi connectivity index (χ0n) is 9.45. The maximum absolute atomic E-state index is 12.8. The fraction of sp³-hybridized carbons (Fsp3) is 0.538. The lowest BCUT2D eigenvalue weighted by atomic mass is 10.0. The minimum absolute atomic E-state index is 0.166. The third-order valence-electron chi connectivity index (χ3n) is 3.07. The van der Waals surface area contributed by atoms with E-state index in [1.807, 2.05) is 12.1 Å². The molecule has 3 heteroatoms. The number of halogens is 1. The van der Waals surface area contributed by atoms with Gasteiger partial charge in [0.2, 0.25) is 0 Å². The molecule has 1 aliphatic carbocycles. The summed E-state index contributed by atoms with van der Waals surface area (Å²) in [7, 11) is 0. The van der Waals surface area contributed by atoms with Crippen LogP contribution >= 0.6 is 0 Å². The van der Waals surface area contributed by atoms with Gasteiger partial charge in [0, 0.05) is 6.04 Å². The van der Waals surface area contributed by atoms with Gasteiger partial charge in [0.05, 0.1) is 0 Å². The molecule has 1 saturated carbocycles. The molecule has 88 valence electrons. The highest BCUT2D eigenvalue weighted by atomic mass is 19.1. The first-order valence-electron chi connectivity index (χ1n) is 6.00. The van der Waals surface area contributed by atoms with E-state index in [0.29, 0.717) is 12.6 Å². The first-order chi connectivity index (χ1) is 7.81. The average molecular weight is 222 g/mol. The van der Waals surface area contributed by atoms with E-state index < -0.39 is 0 Å². The number of rotatable bonds is 6. The lowest BCUT2D eigenvalue weighted by molar-refractivity contribution is 0.476. The van der Waals surface area contributed by atoms with Crippen LogP contribution in [0.2, 0.25) is 0 Å². The smallest absolute Gasteiger partial charge is 0.123 e. The van der Waals surface area contributed by atoms with Crippen LogP contribution in [0.15, 0.2) is 24.3 Å². The third kappa shape index (κ3) is 3.03. The molecular formula is C13H19FN2. The van der Waals surface area contributed by atoms with E-state index in [9.17, 15) is 4.39 Å². The molecule has 2 nitrogen and oxygen atoms in total. The van der Waals surface area contributed by atoms with Crippen molar-refractivity contribution in [1.29, 1.82) is 0 Å². The normalized spacial score (nSPS) is 17.4. The van der Waals surface area contributed by atoms with Crippen LogP contribution in [0.5, 0.6) is 0 Å². The van der Waals surface area contributed by atoms with Gasteiger partial charge in [-0.25, -0.2) is 4.39 Å². The van der Waals surface area contributed by atoms with E-state index in [-0.39, 0.29) is 5.82 Å². The Morgan fingerprint density at radius 2 is 2.00 bits per heavy atom. The van der Waals surface area contributed by atoms with E-state index in [2.05, 4.69) is 5.32 Å². The van der Waals surface area contributed by atoms with Gasteiger partial charge >= 0.3 is 0 Å². The van der Waals surface area contributed by atoms with Crippen LogP contribution in [-0.4, -0.2) is 13.1 Å². The van der Waals surface area contributed by atoms with Crippen LogP contribution in [0.4, 0.5) is 4.39 Å². The molecule has 0 aliphatic heterocycles. The van der Waals surface area contributed by atoms with Crippen molar-refractivity contribution in [2.24, 2.45) is 11.7 Å². The van der Waals surface area contributed by atoms with Gasteiger partial charge < -0.3 is 11.1 Å². The van der Waals surface area contributed by atoms with Gasteiger partial charge in [-0.3, -0.25) is 0 Å². The number of hydrogen-bond donors (Lipinski definition) is 2. The van der Waals surface area contributed by atoms with E-state index >= 15 is 0 Å². The average Bonchev–Trinajstić information content (AvgIpc) is 3.10. The summed E-state index contributed by atoms with van der Waals surface area (Å²) < 4.78 is 12.8. The SMILES string of the molecule is NCCCNC(c1ccc(F)cc1)C1CC1. The molecule has 1 fully saturated rings. The Morgan fingerprint density at radius 1 is 1.31 bits per heavy atom. The summed E-state index contributed by atoms with van der Waals surface area (Å²) in [6.07, 6.45) is 3.54. The first-order valence-corrected chi connectivity index (χ1v) is 6.00. The van der Waals surface area contributed by atoms with Gasteiger partial charge in [0.25, 0.3) is 0 Å². The maximum Gasteiger partial charge on any atom is 0.123 e. The Balaban J connectivity index is 1.98. The highest BCUT2D eigenvalue weighted by Gasteiger charge is 2.31. The molecule has 2 rings (SSSR count). The molecule has 3 N–H and O–H groups in total. The van der Waals surface area contributed by atoms with Crippen molar-refractivity contribution in [2.75, 3.05) is 13.1 Å². The van der Waals surface area contributed by atoms with Crippen molar-refractivity contribution < 1.29 is 4.39 Å². The van der Waals surface area contributed by atoms with Gasteiger partial charge in [0.1, 0.15) is 5.82 Å². The van der Waals surface area contributed by atoms with E-state index in [1.165, 1.54) is 30.5 Å². The molecule has 0 radical (unpaired) electrons. The molecule has 0 bridgehead atoms. The quantitative estimate of drug-likeness (QED) is 0.724. The second-order valence-electron chi connectivity index (χ2n) is 4.46. The van der Waals surface area contributed by atoms with Crippen molar-refractivity contribution in [2.45, 2.75) is 25.3 Å². The number of hydrogen-bond acceptors (Lipinski definition) is 2. The van der Waals surface area contributed by atoms with Crippen molar-refractivity contribution in [3.8, 4) is 0 Å². The monoisotopic (exact) mass is 222 g/mol. The zero-order chi connectivity index (χ0) is 11.4. The molecule has 1 aromatic rings. The van der Waals surface area contributed by atoms with E-state index in [0.717, 1.165) is 18.9 Å². The molecule has 0 saturated heterocycles. The van der Waals surface area contributed by atoms with Gasteiger partial charge in [-0.15, -0.1) is 0 Å². The molecule has 1 aromatic carbocycles. The predicted molar refractivity (Wildman–Crippen MR) is 63.5 cm³/mol. The fourth-order valence-electron chi connectivity index (χ4n) is 2.02. The maximum atomic E-state index is 12.8. The topological polar surface area (TPSA) is 38.0 Å². The summed E-state index contributed by atoms with van der Waals surface area (Å²) in [5.74, 6) is 0.559. The Morgan fingerprint density at radius 3 is 2.56 bits per heavy atom. The van der Waals surface area contributed by atoms with Gasteiger partial charge in [-0.2, -0.15) is 0 Å². The third-order valence-corrected chi connectivity index (χ3v) is 3.07. The van der Waals surface area contributed by atoms with Crippen LogP contribution in [0.3, 0.4) is 0 Å². The lowest BCUT2D eigenvalue weighted by Crippen LogP contribution is -2.25. The van der Waals surface area contributed by atoms with Gasteiger partial charge in [-0.1, -0.05) is 12.1 Å². The molecule has 1 unspecified atom stereocenters. The second kappa shape index (κ2) is 5.41. The van der Waals surface area contributed by atoms with Crippen LogP contribution < -0.4 is 11.1 Å². The highest BCUT2D eigenvalue weighted by molar-refractivity contribution is 5.21. The molecule has 0 amide bonds. The Kier molecular flexibility index (Phi) is 3.91. The fourth-order valence-corrected chi connectivity index (χ4v) is 2.02. The largest absolute Gasteiger partial charge is 0.330 e. The van der Waals surface area contributed by atoms with Crippen molar-refractivity contribution in [3.05, 3.63) is 35.6 Å². The minimum atomic E-state index is -0.166. The van der Waals surface area contributed by atoms with Crippen molar-refractivity contribution in [3.63, 3.8) is 0 Å². The number of nitrogens with one attached hydrogen (secondary N) is 1. The van der Waals surface area contributed by atoms with Crippen LogP contribution in [-0.2, 0) is 0 Å². The van der Waals surface area contributed by atoms with Crippen LogP contribution in [0.1, 0.15) is 30.9 Å². The van der Waals surface area contributed by atoms with Crippen molar-refractivity contribution >= 4 is 0 Å². The molecular weight excluding hydrogens is 203 g/mol. The standard InChI is InChI=1S/C13H19FN2/c14-12-6-4-11(5-7-12)13(10-2-3-10)16-9-1-8-15/h4-7,10,13,16H,1-3,8-9,15H2. The van der Waals surface area contributed by atoms with Gasteiger partial charge in [0.15, 0.2) is 0 Å². The molecule has 0 spiro atoms. The van der Waals surface area contributed by atoms with Crippen LogP contribution in [0.25, 0.3) is 0 Å². The van der Waals surface area contributed by atoms with Crippen LogP contribution in [0, 0.1) is 11.7 Å². The summed E-state index contributed by atoms with van der Waals surface area (Å²) in [6.45, 7) is 1.66. The van der Waals surface area contributed by atoms with E-state index in [4.69, 9.17) is 5.73 Å². The lowest BCUT2D eigenvalue weighted by Gasteiger charge is -2.18. The summed E-state index contributed by atoms with van der Waals surface area (Å²) in [6, 6.07) is 7.22. The Hall–Kier alpha value is -0.930. The molecule has 0 aromatic heterocycles. The summed E-state index contributed by atoms with van der Waals surface area (Å²) >= 11 is 0. The zero-order valence-corrected chi connectivity index (χ0v) is 9.45. The first kappa shape index (κ1) is 11.6. The number of benzene rings is 1. The van der Waals surface area contributed by atoms with Gasteiger partial charge in [-0.05, 0) is 56.0 Å². The predicted octanol–water partition coefficient (Wildman–Crippen LogP) is 2.22. The summed E-state index contributed by atoms with van der Waals surface area (Å²) in [5, 5.41) is 3.52. The molecule has 0 heterocycles. The highest BCUT2D eigenvalue weighted by Crippen LogP contribution is 2.40. The second-order valence-corrected chi connectivity index (χ2v) is 4.46. The Bertz CT molecular complexity index is 319. The summed E-state index contributed by atoms with van der Waals surface area (Å²) in [4.78, 5) is 0. The van der Waals surface area contributed by atoms with Crippen molar-refractivity contribution in [1.82, 2.24) is 5.32 Å². The van der Waals surface area contributed by atoms with E-state index in [1.54, 1.807) is 0 Å². The summed E-state index contributed by atoms with van der Waals surface area (Å²) in [5.41, 5.74) is 6.67. The Labute approximate surface area is 96.0 Å². The molecule has 1 atom stereocenters. The number of nitrogens with two attached hydrogens (primary N) is 1. The minimum Gasteiger partial charge on any atom is -0.330 e. The molecule has 16 heavy (non-hydrogen) atoms.